The predicted octanol–water partition coefficient (Wildman–Crippen LogP) is 4.27. The van der Waals surface area contributed by atoms with Crippen LogP contribution in [0.15, 0.2) is 18.2 Å². The van der Waals surface area contributed by atoms with E-state index in [1.807, 2.05) is 0 Å². The fourth-order valence-corrected chi connectivity index (χ4v) is 2.43. The molecular weight excluding hydrogens is 300 g/mol. The molecule has 1 heterocycles. The molecule has 0 N–H and O–H groups in total. The summed E-state index contributed by atoms with van der Waals surface area (Å²) >= 11 is 5.73. The Morgan fingerprint density at radius 1 is 1.43 bits per heavy atom. The third kappa shape index (κ3) is 3.64. The van der Waals surface area contributed by atoms with Crippen LogP contribution >= 0.6 is 11.6 Å². The van der Waals surface area contributed by atoms with Gasteiger partial charge in [0.25, 0.3) is 5.92 Å². The Morgan fingerprint density at radius 3 is 2.67 bits per heavy atom. The summed E-state index contributed by atoms with van der Waals surface area (Å²) in [5, 5.41) is 0. The first kappa shape index (κ1) is 16.0. The number of alkyl halides is 3. The van der Waals surface area contributed by atoms with Gasteiger partial charge in [-0.15, -0.1) is 11.6 Å². The molecule has 6 heteroatoms. The topological polar surface area (TPSA) is 29.5 Å². The summed E-state index contributed by atoms with van der Waals surface area (Å²) < 4.78 is 33.6. The number of hydrogen-bond acceptors (Lipinski definition) is 2. The molecule has 1 aromatic carbocycles. The lowest BCUT2D eigenvalue weighted by Crippen LogP contribution is -2.45. The number of carbonyl (C=O) groups is 1. The minimum absolute atomic E-state index is 0.0452. The first-order valence-electron chi connectivity index (χ1n) is 6.66. The van der Waals surface area contributed by atoms with Crippen LogP contribution in [0.4, 0.5) is 13.6 Å². The molecule has 0 spiro atoms. The molecular formula is C15H18ClF2NO2. The standard InChI is InChI=1S/C15H18ClF2NO2/c1-14(2,3)21-13(20)19-8-11-6-10(7-16)4-5-12(11)15(17,18)9-19/h4-6H,7-9H2,1-3H3. The fourth-order valence-electron chi connectivity index (χ4n) is 2.26. The summed E-state index contributed by atoms with van der Waals surface area (Å²) in [6.45, 7) is 4.53. The minimum Gasteiger partial charge on any atom is -0.444 e. The van der Waals surface area contributed by atoms with Gasteiger partial charge in [0.05, 0.1) is 6.54 Å². The maximum atomic E-state index is 14.2. The van der Waals surface area contributed by atoms with Gasteiger partial charge in [-0.1, -0.05) is 18.2 Å². The number of benzene rings is 1. The van der Waals surface area contributed by atoms with Crippen LogP contribution in [0, 0.1) is 0 Å². The Balaban J connectivity index is 2.29. The van der Waals surface area contributed by atoms with Crippen LogP contribution in [-0.4, -0.2) is 23.1 Å². The smallest absolute Gasteiger partial charge is 0.410 e. The van der Waals surface area contributed by atoms with Gasteiger partial charge in [0, 0.05) is 18.0 Å². The van der Waals surface area contributed by atoms with Crippen LogP contribution in [0.3, 0.4) is 0 Å². The molecule has 3 nitrogen and oxygen atoms in total. The predicted molar refractivity (Wildman–Crippen MR) is 76.5 cm³/mol. The van der Waals surface area contributed by atoms with E-state index in [4.69, 9.17) is 16.3 Å². The Bertz CT molecular complexity index is 555. The molecule has 0 bridgehead atoms. The van der Waals surface area contributed by atoms with Gasteiger partial charge in [-0.25, -0.2) is 4.79 Å². The van der Waals surface area contributed by atoms with Crippen molar-refractivity contribution in [3.63, 3.8) is 0 Å². The van der Waals surface area contributed by atoms with Crippen LogP contribution in [-0.2, 0) is 23.1 Å². The lowest BCUT2D eigenvalue weighted by atomic mass is 9.95. The molecule has 2 rings (SSSR count). The molecule has 1 aromatic rings. The monoisotopic (exact) mass is 317 g/mol. The highest BCUT2D eigenvalue weighted by atomic mass is 35.5. The number of ether oxygens (including phenoxy) is 1. The van der Waals surface area contributed by atoms with Gasteiger partial charge in [-0.3, -0.25) is 4.90 Å². The zero-order valence-corrected chi connectivity index (χ0v) is 13.0. The molecule has 1 aliphatic rings. The van der Waals surface area contributed by atoms with E-state index in [1.54, 1.807) is 32.9 Å². The zero-order chi connectivity index (χ0) is 15.8. The third-order valence-corrected chi connectivity index (χ3v) is 3.43. The Hall–Kier alpha value is -1.36. The molecule has 0 aromatic heterocycles. The Morgan fingerprint density at radius 2 is 2.10 bits per heavy atom. The van der Waals surface area contributed by atoms with E-state index in [-0.39, 0.29) is 18.0 Å². The van der Waals surface area contributed by atoms with Crippen LogP contribution in [0.1, 0.15) is 37.5 Å². The quantitative estimate of drug-likeness (QED) is 0.724. The molecule has 116 valence electrons. The molecule has 0 saturated carbocycles. The van der Waals surface area contributed by atoms with Gasteiger partial charge in [0.1, 0.15) is 5.60 Å². The van der Waals surface area contributed by atoms with Crippen molar-refractivity contribution in [3.8, 4) is 0 Å². The molecule has 0 aliphatic carbocycles. The van der Waals surface area contributed by atoms with Crippen LogP contribution in [0.5, 0.6) is 0 Å². The van der Waals surface area contributed by atoms with Crippen LogP contribution < -0.4 is 0 Å². The first-order chi connectivity index (χ1) is 9.62. The number of amides is 1. The molecule has 1 aliphatic heterocycles. The summed E-state index contributed by atoms with van der Waals surface area (Å²) in [4.78, 5) is 13.0. The molecule has 0 atom stereocenters. The van der Waals surface area contributed by atoms with Gasteiger partial charge in [-0.05, 0) is 31.9 Å². The van der Waals surface area contributed by atoms with Gasteiger partial charge in [-0.2, -0.15) is 8.78 Å². The number of carbonyl (C=O) groups excluding carboxylic acids is 1. The molecule has 0 fully saturated rings. The minimum atomic E-state index is -3.09. The average Bonchev–Trinajstić information content (AvgIpc) is 2.35. The summed E-state index contributed by atoms with van der Waals surface area (Å²) in [6.07, 6.45) is -0.732. The lowest BCUT2D eigenvalue weighted by Gasteiger charge is -2.35. The van der Waals surface area contributed by atoms with Crippen molar-refractivity contribution in [3.05, 3.63) is 34.9 Å². The SMILES string of the molecule is CC(C)(C)OC(=O)N1Cc2cc(CCl)ccc2C(F)(F)C1. The Kier molecular flexibility index (Phi) is 4.15. The largest absolute Gasteiger partial charge is 0.444 e. The van der Waals surface area contributed by atoms with Gasteiger partial charge in [0.2, 0.25) is 0 Å². The van der Waals surface area contributed by atoms with Crippen molar-refractivity contribution in [1.29, 1.82) is 0 Å². The number of rotatable bonds is 1. The average molecular weight is 318 g/mol. The third-order valence-electron chi connectivity index (χ3n) is 3.12. The number of halogens is 3. The lowest BCUT2D eigenvalue weighted by molar-refractivity contribution is -0.0591. The molecule has 0 saturated heterocycles. The highest BCUT2D eigenvalue weighted by molar-refractivity contribution is 6.17. The van der Waals surface area contributed by atoms with Crippen LogP contribution in [0.25, 0.3) is 0 Å². The second-order valence-electron chi connectivity index (χ2n) is 6.17. The van der Waals surface area contributed by atoms with E-state index in [0.717, 1.165) is 10.5 Å². The molecule has 1 amide bonds. The van der Waals surface area contributed by atoms with Crippen LogP contribution in [0.2, 0.25) is 0 Å². The van der Waals surface area contributed by atoms with Crippen molar-refractivity contribution in [1.82, 2.24) is 4.90 Å². The zero-order valence-electron chi connectivity index (χ0n) is 12.3. The van der Waals surface area contributed by atoms with Crippen molar-refractivity contribution in [2.75, 3.05) is 6.54 Å². The maximum Gasteiger partial charge on any atom is 0.410 e. The van der Waals surface area contributed by atoms with Gasteiger partial charge in [0.15, 0.2) is 0 Å². The van der Waals surface area contributed by atoms with E-state index in [2.05, 4.69) is 0 Å². The number of nitrogens with zero attached hydrogens (tertiary/aromatic N) is 1. The van der Waals surface area contributed by atoms with E-state index in [1.165, 1.54) is 6.07 Å². The summed E-state index contributed by atoms with van der Waals surface area (Å²) in [7, 11) is 0. The highest BCUT2D eigenvalue weighted by Gasteiger charge is 2.42. The van der Waals surface area contributed by atoms with E-state index in [9.17, 15) is 13.6 Å². The van der Waals surface area contributed by atoms with E-state index < -0.39 is 24.2 Å². The second kappa shape index (κ2) is 5.44. The Labute approximate surface area is 127 Å². The van der Waals surface area contributed by atoms with Crippen molar-refractivity contribution >= 4 is 17.7 Å². The van der Waals surface area contributed by atoms with Crippen molar-refractivity contribution < 1.29 is 18.3 Å². The normalized spacial score (nSPS) is 17.3. The summed E-state index contributed by atoms with van der Waals surface area (Å²) in [6, 6.07) is 4.59. The fraction of sp³-hybridized carbons (Fsp3) is 0.533. The van der Waals surface area contributed by atoms with Gasteiger partial charge < -0.3 is 4.74 Å². The summed E-state index contributed by atoms with van der Waals surface area (Å²) in [5.41, 5.74) is 0.397. The second-order valence-corrected chi connectivity index (χ2v) is 6.43. The first-order valence-corrected chi connectivity index (χ1v) is 7.20. The molecule has 0 radical (unpaired) electrons. The maximum absolute atomic E-state index is 14.2. The van der Waals surface area contributed by atoms with Gasteiger partial charge >= 0.3 is 6.09 Å². The molecule has 0 unspecified atom stereocenters. The molecule has 21 heavy (non-hydrogen) atoms. The number of fused-ring (bicyclic) bond motifs is 1. The highest BCUT2D eigenvalue weighted by Crippen LogP contribution is 2.37. The van der Waals surface area contributed by atoms with E-state index >= 15 is 0 Å². The number of hydrogen-bond donors (Lipinski definition) is 0. The van der Waals surface area contributed by atoms with Crippen molar-refractivity contribution in [2.45, 2.75) is 44.7 Å². The summed E-state index contributed by atoms with van der Waals surface area (Å²) in [5.74, 6) is -2.85. The van der Waals surface area contributed by atoms with E-state index in [0.29, 0.717) is 5.56 Å². The van der Waals surface area contributed by atoms with Crippen molar-refractivity contribution in [2.24, 2.45) is 0 Å².